The molecule has 4 fully saturated rings. The van der Waals surface area contributed by atoms with Crippen LogP contribution in [-0.4, -0.2) is 96.3 Å². The van der Waals surface area contributed by atoms with Crippen molar-refractivity contribution in [3.05, 3.63) is 0 Å². The molecule has 7 atom stereocenters. The Bertz CT molecular complexity index is 929. The molecule has 5 aliphatic rings. The number of rotatable bonds is 6. The van der Waals surface area contributed by atoms with Gasteiger partial charge in [-0.15, -0.1) is 11.6 Å². The first-order valence-electron chi connectivity index (χ1n) is 15.6. The Morgan fingerprint density at radius 2 is 1.85 bits per heavy atom. The lowest BCUT2D eigenvalue weighted by atomic mass is 9.73. The fraction of sp³-hybridized carbons (Fsp3) is 0.900. The highest BCUT2D eigenvalue weighted by atomic mass is 35.5. The van der Waals surface area contributed by atoms with E-state index in [1.165, 1.54) is 0 Å². The van der Waals surface area contributed by atoms with Crippen LogP contribution < -0.4 is 5.32 Å². The molecule has 2 aliphatic heterocycles. The number of piperazine rings is 1. The van der Waals surface area contributed by atoms with E-state index in [4.69, 9.17) is 26.1 Å². The number of halogens is 2. The van der Waals surface area contributed by atoms with Gasteiger partial charge in [-0.1, -0.05) is 6.42 Å². The number of urea groups is 1. The minimum atomic E-state index is -0.853. The molecular weight excluding hydrogens is 535 g/mol. The van der Waals surface area contributed by atoms with Crippen molar-refractivity contribution in [1.29, 1.82) is 0 Å². The van der Waals surface area contributed by atoms with Gasteiger partial charge in [0.2, 0.25) is 5.91 Å². The molecule has 10 heteroatoms. The number of nitrogens with one attached hydrogen (secondary N) is 1. The fourth-order valence-electron chi connectivity index (χ4n) is 7.92. The number of alkyl halides is 2. The van der Waals surface area contributed by atoms with Crippen LogP contribution in [0.5, 0.6) is 0 Å². The Morgan fingerprint density at radius 1 is 1.07 bits per heavy atom. The Balaban J connectivity index is 1.54. The molecule has 226 valence electrons. The Hall–Kier alpha value is -1.45. The van der Waals surface area contributed by atoms with Crippen molar-refractivity contribution < 1.29 is 23.5 Å². The van der Waals surface area contributed by atoms with Gasteiger partial charge in [0.1, 0.15) is 18.6 Å². The second kappa shape index (κ2) is 13.2. The van der Waals surface area contributed by atoms with Crippen molar-refractivity contribution in [1.82, 2.24) is 15.1 Å². The molecule has 0 spiro atoms. The second-order valence-corrected chi connectivity index (χ2v) is 13.5. The molecule has 5 rings (SSSR count). The maximum atomic E-state index is 14.9. The lowest BCUT2D eigenvalue weighted by molar-refractivity contribution is -0.123. The monoisotopic (exact) mass is 582 g/mol. The van der Waals surface area contributed by atoms with Crippen molar-refractivity contribution in [3.63, 3.8) is 0 Å². The molecule has 8 nitrogen and oxygen atoms in total. The molecule has 1 N–H and O–H groups in total. The van der Waals surface area contributed by atoms with Crippen LogP contribution in [0.3, 0.4) is 0 Å². The number of methoxy groups -OCH3 is 1. The van der Waals surface area contributed by atoms with Crippen LogP contribution in [0.25, 0.3) is 0 Å². The zero-order chi connectivity index (χ0) is 28.4. The number of amides is 3. The van der Waals surface area contributed by atoms with E-state index in [1.54, 1.807) is 12.0 Å². The zero-order valence-electron chi connectivity index (χ0n) is 24.4. The summed E-state index contributed by atoms with van der Waals surface area (Å²) in [6.45, 7) is 5.02. The summed E-state index contributed by atoms with van der Waals surface area (Å²) >= 11 is 6.51. The molecule has 2 heterocycles. The van der Waals surface area contributed by atoms with E-state index in [0.717, 1.165) is 63.6 Å². The average Bonchev–Trinajstić information content (AvgIpc) is 3.33. The van der Waals surface area contributed by atoms with E-state index in [2.05, 4.69) is 5.32 Å². The first-order chi connectivity index (χ1) is 19.2. The van der Waals surface area contributed by atoms with Crippen molar-refractivity contribution in [2.24, 2.45) is 22.7 Å². The Kier molecular flexibility index (Phi) is 9.94. The van der Waals surface area contributed by atoms with Crippen LogP contribution in [-0.2, 0) is 14.3 Å². The summed E-state index contributed by atoms with van der Waals surface area (Å²) in [6, 6.07) is -0.454. The Labute approximate surface area is 243 Å². The number of hydrogen-bond donors (Lipinski definition) is 1. The maximum Gasteiger partial charge on any atom is 0.326 e. The third-order valence-corrected chi connectivity index (χ3v) is 10.3. The van der Waals surface area contributed by atoms with Gasteiger partial charge in [-0.25, -0.2) is 9.18 Å². The SMILES string of the molecule is COC1CCC(C2=N[C@@H](C3CCC(Cl)CC3)[C@@H](C3CCCC(F)C3)N2C(=O)N2CCNC(=O)C2)C(OC(C)C)C1. The maximum absolute atomic E-state index is 14.9. The van der Waals surface area contributed by atoms with E-state index in [0.29, 0.717) is 31.8 Å². The van der Waals surface area contributed by atoms with Crippen LogP contribution in [0.2, 0.25) is 0 Å². The van der Waals surface area contributed by atoms with E-state index >= 15 is 0 Å². The van der Waals surface area contributed by atoms with Crippen LogP contribution in [0.4, 0.5) is 9.18 Å². The van der Waals surface area contributed by atoms with Gasteiger partial charge in [0.25, 0.3) is 0 Å². The summed E-state index contributed by atoms with van der Waals surface area (Å²) in [6.07, 6.45) is 8.15. The first-order valence-corrected chi connectivity index (χ1v) is 16.1. The molecule has 3 saturated carbocycles. The molecule has 5 unspecified atom stereocenters. The Morgan fingerprint density at radius 3 is 2.52 bits per heavy atom. The van der Waals surface area contributed by atoms with E-state index in [1.807, 2.05) is 18.7 Å². The normalized spacial score (nSPS) is 39.3. The predicted octanol–water partition coefficient (Wildman–Crippen LogP) is 4.92. The number of nitrogens with zero attached hydrogens (tertiary/aromatic N) is 3. The number of aliphatic imine (C=N–C) groups is 1. The van der Waals surface area contributed by atoms with Gasteiger partial charge in [-0.2, -0.15) is 0 Å². The summed E-state index contributed by atoms with van der Waals surface area (Å²) < 4.78 is 27.1. The van der Waals surface area contributed by atoms with Crippen molar-refractivity contribution in [3.8, 4) is 0 Å². The number of ether oxygens (including phenoxy) is 2. The van der Waals surface area contributed by atoms with Crippen LogP contribution in [0.1, 0.15) is 84.5 Å². The van der Waals surface area contributed by atoms with Gasteiger partial charge in [0, 0.05) is 37.9 Å². The number of hydrogen-bond acceptors (Lipinski definition) is 5. The van der Waals surface area contributed by atoms with E-state index < -0.39 is 6.17 Å². The largest absolute Gasteiger partial charge is 0.381 e. The van der Waals surface area contributed by atoms with Crippen molar-refractivity contribution in [2.45, 2.75) is 126 Å². The molecule has 0 aromatic heterocycles. The highest BCUT2D eigenvalue weighted by Crippen LogP contribution is 2.45. The summed E-state index contributed by atoms with van der Waals surface area (Å²) in [4.78, 5) is 35.9. The predicted molar refractivity (Wildman–Crippen MR) is 153 cm³/mol. The minimum absolute atomic E-state index is 0.0243. The second-order valence-electron chi connectivity index (χ2n) is 12.9. The number of amidine groups is 1. The third kappa shape index (κ3) is 6.62. The molecule has 3 amide bonds. The number of carbonyl (C=O) groups excluding carboxylic acids is 2. The van der Waals surface area contributed by atoms with Crippen LogP contribution in [0.15, 0.2) is 4.99 Å². The number of carbonyl (C=O) groups is 2. The van der Waals surface area contributed by atoms with Gasteiger partial charge in [0.05, 0.1) is 30.4 Å². The third-order valence-electron chi connectivity index (χ3n) is 9.86. The quantitative estimate of drug-likeness (QED) is 0.451. The highest BCUT2D eigenvalue weighted by Gasteiger charge is 2.52. The van der Waals surface area contributed by atoms with E-state index in [9.17, 15) is 14.0 Å². The zero-order valence-corrected chi connectivity index (χ0v) is 25.2. The molecule has 1 saturated heterocycles. The van der Waals surface area contributed by atoms with Crippen molar-refractivity contribution >= 4 is 29.4 Å². The molecule has 0 aromatic rings. The summed E-state index contributed by atoms with van der Waals surface area (Å²) in [7, 11) is 1.75. The topological polar surface area (TPSA) is 83.5 Å². The molecule has 0 bridgehead atoms. The highest BCUT2D eigenvalue weighted by molar-refractivity contribution is 6.20. The van der Waals surface area contributed by atoms with Gasteiger partial charge in [-0.3, -0.25) is 14.7 Å². The summed E-state index contributed by atoms with van der Waals surface area (Å²) in [5.41, 5.74) is 0. The fourth-order valence-corrected chi connectivity index (χ4v) is 8.17. The lowest BCUT2D eigenvalue weighted by Gasteiger charge is -2.44. The van der Waals surface area contributed by atoms with Gasteiger partial charge < -0.3 is 19.7 Å². The van der Waals surface area contributed by atoms with Crippen molar-refractivity contribution in [2.75, 3.05) is 26.7 Å². The molecule has 3 aliphatic carbocycles. The van der Waals surface area contributed by atoms with Gasteiger partial charge in [0.15, 0.2) is 0 Å². The molecular formula is C30H48ClFN4O4. The summed E-state index contributed by atoms with van der Waals surface area (Å²) in [5, 5.41) is 3.02. The first kappa shape index (κ1) is 30.0. The molecule has 40 heavy (non-hydrogen) atoms. The minimum Gasteiger partial charge on any atom is -0.381 e. The molecule has 0 aromatic carbocycles. The smallest absolute Gasteiger partial charge is 0.326 e. The summed E-state index contributed by atoms with van der Waals surface area (Å²) in [5.74, 6) is 0.926. The van der Waals surface area contributed by atoms with E-state index in [-0.39, 0.29) is 66.1 Å². The van der Waals surface area contributed by atoms with Crippen LogP contribution in [0, 0.1) is 17.8 Å². The standard InChI is InChI=1S/C30H48ClFN4O4/c1-18(2)40-25-16-23(39-3)11-12-24(25)29-34-27(19-7-9-21(31)10-8-19)28(20-5-4-6-22(32)15-20)36(29)30(38)35-14-13-33-26(37)17-35/h18-25,27-28H,4-17H2,1-3H3,(H,33,37)/t19?,20?,21?,22?,23?,24?,25?,27-,28+/m0/s1. The van der Waals surface area contributed by atoms with Gasteiger partial charge in [-0.05, 0) is 83.5 Å². The molecule has 0 radical (unpaired) electrons. The average molecular weight is 583 g/mol. The lowest BCUT2D eigenvalue weighted by Crippen LogP contribution is -2.60. The van der Waals surface area contributed by atoms with Crippen LogP contribution >= 0.6 is 11.6 Å². The van der Waals surface area contributed by atoms with Gasteiger partial charge >= 0.3 is 6.03 Å².